The molecule has 0 spiro atoms. The summed E-state index contributed by atoms with van der Waals surface area (Å²) < 4.78 is 0. The third kappa shape index (κ3) is 13.5. The molecule has 80 valence electrons. The average molecular weight is 193 g/mol. The minimum absolute atomic E-state index is 0.663. The number of rotatable bonds is 1. The lowest BCUT2D eigenvalue weighted by Gasteiger charge is -1.82. The van der Waals surface area contributed by atoms with E-state index in [0.29, 0.717) is 6.54 Å². The molecule has 1 aromatic carbocycles. The summed E-state index contributed by atoms with van der Waals surface area (Å²) in [5, 5.41) is 0. The Kier molecular flexibility index (Phi) is 15.9. The minimum Gasteiger partial charge on any atom is -0.327 e. The van der Waals surface area contributed by atoms with Gasteiger partial charge >= 0.3 is 0 Å². The summed E-state index contributed by atoms with van der Waals surface area (Å²) in [6.07, 6.45) is 3.83. The number of aryl methyl sites for hydroxylation is 1. The van der Waals surface area contributed by atoms with Crippen LogP contribution < -0.4 is 5.73 Å². The van der Waals surface area contributed by atoms with Crippen molar-refractivity contribution >= 4 is 0 Å². The summed E-state index contributed by atoms with van der Waals surface area (Å²) in [7, 11) is 0. The monoisotopic (exact) mass is 193 g/mol. The molecule has 0 aliphatic carbocycles. The lowest BCUT2D eigenvalue weighted by molar-refractivity contribution is 1.25. The van der Waals surface area contributed by atoms with Crippen molar-refractivity contribution in [1.29, 1.82) is 0 Å². The number of hydrogen-bond acceptors (Lipinski definition) is 1. The summed E-state index contributed by atoms with van der Waals surface area (Å²) in [4.78, 5) is 0. The number of allylic oxidation sites excluding steroid dienone is 1. The maximum Gasteiger partial charge on any atom is 0.0106 e. The van der Waals surface area contributed by atoms with Crippen LogP contribution in [-0.2, 0) is 0 Å². The zero-order chi connectivity index (χ0) is 11.2. The molecule has 0 saturated carbocycles. The molecule has 1 rings (SSSR count). The molecule has 0 amide bonds. The molecule has 0 aliphatic heterocycles. The highest BCUT2D eigenvalue weighted by molar-refractivity contribution is 5.11. The lowest BCUT2D eigenvalue weighted by Crippen LogP contribution is -1.90. The highest BCUT2D eigenvalue weighted by Gasteiger charge is 1.72. The van der Waals surface area contributed by atoms with Gasteiger partial charge in [-0.15, -0.1) is 0 Å². The SMILES string of the molecule is C/C=C\CN.CC.Cc1ccccc1. The van der Waals surface area contributed by atoms with Crippen LogP contribution in [0.1, 0.15) is 26.3 Å². The van der Waals surface area contributed by atoms with E-state index in [-0.39, 0.29) is 0 Å². The van der Waals surface area contributed by atoms with Crippen LogP contribution in [0, 0.1) is 6.92 Å². The Morgan fingerprint density at radius 3 is 1.79 bits per heavy atom. The van der Waals surface area contributed by atoms with Gasteiger partial charge in [-0.25, -0.2) is 0 Å². The van der Waals surface area contributed by atoms with Crippen molar-refractivity contribution in [3.63, 3.8) is 0 Å². The minimum atomic E-state index is 0.663. The molecule has 0 fully saturated rings. The molecule has 1 heteroatoms. The van der Waals surface area contributed by atoms with E-state index in [2.05, 4.69) is 19.1 Å². The molecule has 1 aromatic rings. The van der Waals surface area contributed by atoms with Crippen molar-refractivity contribution in [2.75, 3.05) is 6.54 Å². The van der Waals surface area contributed by atoms with Gasteiger partial charge in [0.2, 0.25) is 0 Å². The molecular weight excluding hydrogens is 170 g/mol. The summed E-state index contributed by atoms with van der Waals surface area (Å²) in [6.45, 7) is 8.70. The molecule has 0 aromatic heterocycles. The van der Waals surface area contributed by atoms with E-state index in [4.69, 9.17) is 5.73 Å². The largest absolute Gasteiger partial charge is 0.327 e. The van der Waals surface area contributed by atoms with Crippen LogP contribution in [0.3, 0.4) is 0 Å². The van der Waals surface area contributed by atoms with Gasteiger partial charge < -0.3 is 5.73 Å². The molecular formula is C13H23N. The van der Waals surface area contributed by atoms with Crippen molar-refractivity contribution in [3.05, 3.63) is 48.0 Å². The third-order valence-electron chi connectivity index (χ3n) is 1.31. The summed E-state index contributed by atoms with van der Waals surface area (Å²) in [6, 6.07) is 10.3. The topological polar surface area (TPSA) is 26.0 Å². The van der Waals surface area contributed by atoms with E-state index in [1.54, 1.807) is 0 Å². The first-order chi connectivity index (χ1) is 6.81. The molecule has 0 heterocycles. The third-order valence-corrected chi connectivity index (χ3v) is 1.31. The van der Waals surface area contributed by atoms with E-state index in [1.807, 2.05) is 51.1 Å². The second-order valence-corrected chi connectivity index (χ2v) is 2.46. The van der Waals surface area contributed by atoms with Gasteiger partial charge in [0, 0.05) is 6.54 Å². The Bertz CT molecular complexity index is 202. The maximum absolute atomic E-state index is 5.05. The Hall–Kier alpha value is -1.08. The Labute approximate surface area is 88.6 Å². The molecule has 2 N–H and O–H groups in total. The number of benzene rings is 1. The van der Waals surface area contributed by atoms with Gasteiger partial charge in [-0.05, 0) is 13.8 Å². The number of hydrogen-bond donors (Lipinski definition) is 1. The van der Waals surface area contributed by atoms with Gasteiger partial charge in [0.15, 0.2) is 0 Å². The van der Waals surface area contributed by atoms with Crippen molar-refractivity contribution in [3.8, 4) is 0 Å². The zero-order valence-corrected chi connectivity index (χ0v) is 9.83. The van der Waals surface area contributed by atoms with Crippen molar-refractivity contribution in [2.24, 2.45) is 5.73 Å². The zero-order valence-electron chi connectivity index (χ0n) is 9.83. The summed E-state index contributed by atoms with van der Waals surface area (Å²) in [5.41, 5.74) is 6.37. The standard InChI is InChI=1S/C7H8.C4H9N.C2H6/c1-7-5-3-2-4-6-7;1-2-3-4-5;1-2/h2-6H,1H3;2-3H,4-5H2,1H3;1-2H3/b;3-2-;. The predicted molar refractivity (Wildman–Crippen MR) is 66.4 cm³/mol. The quantitative estimate of drug-likeness (QED) is 0.678. The average Bonchev–Trinajstić information content (AvgIpc) is 2.24. The second-order valence-electron chi connectivity index (χ2n) is 2.46. The molecule has 0 unspecified atom stereocenters. The van der Waals surface area contributed by atoms with Gasteiger partial charge in [-0.3, -0.25) is 0 Å². The Balaban J connectivity index is 0. The summed E-state index contributed by atoms with van der Waals surface area (Å²) in [5.74, 6) is 0. The van der Waals surface area contributed by atoms with E-state index in [1.165, 1.54) is 5.56 Å². The maximum atomic E-state index is 5.05. The first-order valence-corrected chi connectivity index (χ1v) is 5.14. The Morgan fingerprint density at radius 2 is 1.64 bits per heavy atom. The van der Waals surface area contributed by atoms with Crippen LogP contribution in [0.25, 0.3) is 0 Å². The van der Waals surface area contributed by atoms with E-state index < -0.39 is 0 Å². The summed E-state index contributed by atoms with van der Waals surface area (Å²) >= 11 is 0. The van der Waals surface area contributed by atoms with Gasteiger partial charge in [-0.2, -0.15) is 0 Å². The fourth-order valence-electron chi connectivity index (χ4n) is 0.670. The molecule has 0 aliphatic rings. The van der Waals surface area contributed by atoms with Crippen LogP contribution in [0.4, 0.5) is 0 Å². The van der Waals surface area contributed by atoms with E-state index in [0.717, 1.165) is 0 Å². The van der Waals surface area contributed by atoms with Crippen molar-refractivity contribution < 1.29 is 0 Å². The van der Waals surface area contributed by atoms with Crippen molar-refractivity contribution in [2.45, 2.75) is 27.7 Å². The second kappa shape index (κ2) is 14.4. The van der Waals surface area contributed by atoms with E-state index in [9.17, 15) is 0 Å². The fourth-order valence-corrected chi connectivity index (χ4v) is 0.670. The van der Waals surface area contributed by atoms with Gasteiger partial charge in [0.25, 0.3) is 0 Å². The van der Waals surface area contributed by atoms with Gasteiger partial charge in [0.05, 0.1) is 0 Å². The number of nitrogens with two attached hydrogens (primary N) is 1. The molecule has 1 nitrogen and oxygen atoms in total. The molecule has 14 heavy (non-hydrogen) atoms. The van der Waals surface area contributed by atoms with Gasteiger partial charge in [-0.1, -0.05) is 61.9 Å². The first kappa shape index (κ1) is 15.4. The normalized spacial score (nSPS) is 8.36. The lowest BCUT2D eigenvalue weighted by atomic mass is 10.2. The highest BCUT2D eigenvalue weighted by Crippen LogP contribution is 1.92. The highest BCUT2D eigenvalue weighted by atomic mass is 14.5. The van der Waals surface area contributed by atoms with Crippen molar-refractivity contribution in [1.82, 2.24) is 0 Å². The van der Waals surface area contributed by atoms with Crippen LogP contribution in [-0.4, -0.2) is 6.54 Å². The first-order valence-electron chi connectivity index (χ1n) is 5.14. The van der Waals surface area contributed by atoms with Crippen LogP contribution in [0.15, 0.2) is 42.5 Å². The molecule has 0 atom stereocenters. The van der Waals surface area contributed by atoms with Crippen LogP contribution in [0.2, 0.25) is 0 Å². The predicted octanol–water partition coefficient (Wildman–Crippen LogP) is 3.54. The molecule has 0 bridgehead atoms. The van der Waals surface area contributed by atoms with Crippen LogP contribution in [0.5, 0.6) is 0 Å². The Morgan fingerprint density at radius 1 is 1.14 bits per heavy atom. The smallest absolute Gasteiger partial charge is 0.0106 e. The van der Waals surface area contributed by atoms with Crippen LogP contribution >= 0.6 is 0 Å². The molecule has 0 saturated heterocycles. The van der Waals surface area contributed by atoms with E-state index >= 15 is 0 Å². The fraction of sp³-hybridized carbons (Fsp3) is 0.385. The van der Waals surface area contributed by atoms with Gasteiger partial charge in [0.1, 0.15) is 0 Å². The molecule has 0 radical (unpaired) electrons.